The van der Waals surface area contributed by atoms with E-state index in [9.17, 15) is 14.0 Å². The molecule has 0 spiro atoms. The largest absolute Gasteiger partial charge is 0.449 e. The maximum absolute atomic E-state index is 13.0. The second-order valence-corrected chi connectivity index (χ2v) is 5.06. The lowest BCUT2D eigenvalue weighted by molar-refractivity contribution is 0.159. The number of hydrogen-bond acceptors (Lipinski definition) is 4. The number of halogens is 1. The van der Waals surface area contributed by atoms with E-state index in [-0.39, 0.29) is 24.7 Å². The van der Waals surface area contributed by atoms with Crippen LogP contribution in [0.2, 0.25) is 0 Å². The van der Waals surface area contributed by atoms with Gasteiger partial charge in [0.25, 0.3) is 0 Å². The molecule has 0 radical (unpaired) electrons. The fourth-order valence-electron chi connectivity index (χ4n) is 2.27. The van der Waals surface area contributed by atoms with Crippen LogP contribution in [0.3, 0.4) is 0 Å². The first-order chi connectivity index (χ1) is 11.6. The van der Waals surface area contributed by atoms with Crippen LogP contribution in [0.1, 0.15) is 12.5 Å². The number of benzene rings is 1. The summed E-state index contributed by atoms with van der Waals surface area (Å²) in [6.45, 7) is 2.07. The molecule has 0 fully saturated rings. The van der Waals surface area contributed by atoms with E-state index in [1.807, 2.05) is 0 Å². The van der Waals surface area contributed by atoms with Crippen LogP contribution in [0, 0.1) is 5.82 Å². The van der Waals surface area contributed by atoms with Gasteiger partial charge in [-0.1, -0.05) is 12.1 Å². The summed E-state index contributed by atoms with van der Waals surface area (Å²) < 4.78 is 18.1. The van der Waals surface area contributed by atoms with Crippen molar-refractivity contribution in [3.8, 4) is 0 Å². The number of fused-ring (bicyclic) bond motifs is 1. The number of nitrogens with zero attached hydrogens (tertiary/aromatic N) is 2. The number of aromatic nitrogens is 3. The van der Waals surface area contributed by atoms with Crippen LogP contribution < -0.4 is 10.6 Å². The van der Waals surface area contributed by atoms with Gasteiger partial charge in [-0.15, -0.1) is 0 Å². The Labute approximate surface area is 136 Å². The minimum absolute atomic E-state index is 0.159. The van der Waals surface area contributed by atoms with E-state index in [2.05, 4.69) is 15.0 Å². The first-order valence-electron chi connectivity index (χ1n) is 7.34. The number of pyridine rings is 1. The van der Waals surface area contributed by atoms with Gasteiger partial charge in [-0.05, 0) is 36.8 Å². The molecule has 7 nitrogen and oxygen atoms in total. The highest BCUT2D eigenvalue weighted by Gasteiger charge is 2.19. The van der Waals surface area contributed by atoms with Gasteiger partial charge < -0.3 is 9.72 Å². The summed E-state index contributed by atoms with van der Waals surface area (Å²) in [6.07, 6.45) is -0.577. The number of carbonyl (C=O) groups is 1. The molecule has 1 amide bonds. The van der Waals surface area contributed by atoms with Gasteiger partial charge in [0.15, 0.2) is 5.65 Å². The molecule has 2 heterocycles. The Morgan fingerprint density at radius 2 is 1.96 bits per heavy atom. The van der Waals surface area contributed by atoms with Crippen molar-refractivity contribution in [2.24, 2.45) is 0 Å². The molecule has 1 aromatic carbocycles. The SMILES string of the molecule is CCOC(=O)N(Cc1ccc(F)cc1)c1ccc2[nH]c(=O)[nH]c2n1. The fourth-order valence-corrected chi connectivity index (χ4v) is 2.27. The van der Waals surface area contributed by atoms with E-state index < -0.39 is 6.09 Å². The molecular weight excluding hydrogens is 315 g/mol. The van der Waals surface area contributed by atoms with Gasteiger partial charge in [-0.2, -0.15) is 0 Å². The van der Waals surface area contributed by atoms with E-state index in [0.29, 0.717) is 22.5 Å². The Kier molecular flexibility index (Phi) is 4.28. The highest BCUT2D eigenvalue weighted by molar-refractivity contribution is 5.87. The van der Waals surface area contributed by atoms with Gasteiger partial charge in [-0.3, -0.25) is 9.88 Å². The number of rotatable bonds is 4. The molecule has 3 rings (SSSR count). The Balaban J connectivity index is 1.96. The van der Waals surface area contributed by atoms with Crippen molar-refractivity contribution >= 4 is 23.1 Å². The van der Waals surface area contributed by atoms with Gasteiger partial charge >= 0.3 is 11.8 Å². The summed E-state index contributed by atoms with van der Waals surface area (Å²) in [5.74, 6) is -0.0357. The minimum Gasteiger partial charge on any atom is -0.449 e. The highest BCUT2D eigenvalue weighted by atomic mass is 19.1. The summed E-state index contributed by atoms with van der Waals surface area (Å²) in [6, 6.07) is 9.05. The lowest BCUT2D eigenvalue weighted by Gasteiger charge is -2.21. The van der Waals surface area contributed by atoms with E-state index in [4.69, 9.17) is 4.74 Å². The van der Waals surface area contributed by atoms with Crippen molar-refractivity contribution in [2.45, 2.75) is 13.5 Å². The van der Waals surface area contributed by atoms with Crippen LogP contribution in [0.15, 0.2) is 41.2 Å². The summed E-state index contributed by atoms with van der Waals surface area (Å²) in [7, 11) is 0. The van der Waals surface area contributed by atoms with Gasteiger partial charge in [0, 0.05) is 0 Å². The van der Waals surface area contributed by atoms with Gasteiger partial charge in [0.05, 0.1) is 18.7 Å². The average molecular weight is 330 g/mol. The highest BCUT2D eigenvalue weighted by Crippen LogP contribution is 2.19. The first kappa shape index (κ1) is 15.7. The van der Waals surface area contributed by atoms with Crippen molar-refractivity contribution in [3.63, 3.8) is 0 Å². The normalized spacial score (nSPS) is 10.8. The Morgan fingerprint density at radius 1 is 1.21 bits per heavy atom. The summed E-state index contributed by atoms with van der Waals surface area (Å²) in [5, 5.41) is 0. The summed E-state index contributed by atoms with van der Waals surface area (Å²) in [5.41, 5.74) is 1.21. The molecule has 2 aromatic heterocycles. The molecule has 0 bridgehead atoms. The molecule has 0 aliphatic carbocycles. The van der Waals surface area contributed by atoms with Crippen LogP contribution >= 0.6 is 0 Å². The van der Waals surface area contributed by atoms with Crippen LogP contribution in [-0.4, -0.2) is 27.7 Å². The summed E-state index contributed by atoms with van der Waals surface area (Å²) >= 11 is 0. The number of aromatic amines is 2. The lowest BCUT2D eigenvalue weighted by Crippen LogP contribution is -2.31. The third-order valence-electron chi connectivity index (χ3n) is 3.38. The van der Waals surface area contributed by atoms with Crippen molar-refractivity contribution in [3.05, 3.63) is 58.3 Å². The van der Waals surface area contributed by atoms with E-state index in [1.54, 1.807) is 31.2 Å². The number of anilines is 1. The zero-order chi connectivity index (χ0) is 17.1. The summed E-state index contributed by atoms with van der Waals surface area (Å²) in [4.78, 5) is 34.3. The molecule has 124 valence electrons. The van der Waals surface area contributed by atoms with Gasteiger partial charge in [0.1, 0.15) is 11.6 Å². The van der Waals surface area contributed by atoms with Gasteiger partial charge in [0.2, 0.25) is 0 Å². The van der Waals surface area contributed by atoms with Gasteiger partial charge in [-0.25, -0.2) is 19.0 Å². The van der Waals surface area contributed by atoms with Crippen molar-refractivity contribution in [1.82, 2.24) is 15.0 Å². The van der Waals surface area contributed by atoms with E-state index in [1.165, 1.54) is 17.0 Å². The molecule has 0 saturated heterocycles. The fraction of sp³-hybridized carbons (Fsp3) is 0.188. The minimum atomic E-state index is -0.577. The zero-order valence-electron chi connectivity index (χ0n) is 12.9. The van der Waals surface area contributed by atoms with E-state index >= 15 is 0 Å². The van der Waals surface area contributed by atoms with Crippen LogP contribution in [0.4, 0.5) is 15.0 Å². The monoisotopic (exact) mass is 330 g/mol. The standard InChI is InChI=1S/C16H15FN4O3/c1-2-24-16(23)21(9-10-3-5-11(17)6-4-10)13-8-7-12-14(19-13)20-15(22)18-12/h3-8H,2,9H2,1H3,(H2,18,19,20,22). The Hall–Kier alpha value is -3.16. The van der Waals surface area contributed by atoms with Crippen molar-refractivity contribution < 1.29 is 13.9 Å². The van der Waals surface area contributed by atoms with E-state index in [0.717, 1.165) is 0 Å². The molecule has 0 unspecified atom stereocenters. The maximum Gasteiger partial charge on any atom is 0.415 e. The number of imidazole rings is 1. The molecule has 0 saturated carbocycles. The second kappa shape index (κ2) is 6.53. The molecule has 2 N–H and O–H groups in total. The first-order valence-corrected chi connectivity index (χ1v) is 7.34. The maximum atomic E-state index is 13.0. The molecule has 8 heteroatoms. The van der Waals surface area contributed by atoms with Crippen molar-refractivity contribution in [1.29, 1.82) is 0 Å². The van der Waals surface area contributed by atoms with Crippen LogP contribution in [0.5, 0.6) is 0 Å². The Bertz CT molecular complexity index is 917. The number of carbonyl (C=O) groups excluding carboxylic acids is 1. The Morgan fingerprint density at radius 3 is 2.67 bits per heavy atom. The average Bonchev–Trinajstić information content (AvgIpc) is 2.93. The number of nitrogens with one attached hydrogen (secondary N) is 2. The quantitative estimate of drug-likeness (QED) is 0.769. The smallest absolute Gasteiger partial charge is 0.415 e. The third kappa shape index (κ3) is 3.27. The molecule has 24 heavy (non-hydrogen) atoms. The lowest BCUT2D eigenvalue weighted by atomic mass is 10.2. The van der Waals surface area contributed by atoms with Crippen LogP contribution in [-0.2, 0) is 11.3 Å². The second-order valence-electron chi connectivity index (χ2n) is 5.06. The number of ether oxygens (including phenoxy) is 1. The van der Waals surface area contributed by atoms with Crippen LogP contribution in [0.25, 0.3) is 11.2 Å². The molecule has 0 aliphatic rings. The molecule has 0 aliphatic heterocycles. The predicted molar refractivity (Wildman–Crippen MR) is 86.3 cm³/mol. The third-order valence-corrected chi connectivity index (χ3v) is 3.38. The number of H-pyrrole nitrogens is 2. The van der Waals surface area contributed by atoms with Crippen molar-refractivity contribution in [2.75, 3.05) is 11.5 Å². The topological polar surface area (TPSA) is 91.1 Å². The molecule has 0 atom stereocenters. The molecular formula is C16H15FN4O3. The number of amides is 1. The zero-order valence-corrected chi connectivity index (χ0v) is 12.9. The predicted octanol–water partition coefficient (Wildman–Crippen LogP) is 2.55. The molecule has 3 aromatic rings. The number of hydrogen-bond donors (Lipinski definition) is 2.